The Kier molecular flexibility index (Phi) is 7.08. The maximum Gasteiger partial charge on any atom is 0.225 e. The molecule has 0 saturated carbocycles. The summed E-state index contributed by atoms with van der Waals surface area (Å²) in [6, 6.07) is 11.6. The smallest absolute Gasteiger partial charge is 0.225 e. The highest BCUT2D eigenvalue weighted by Gasteiger charge is 2.39. The Morgan fingerprint density at radius 2 is 1.73 bits per heavy atom. The third-order valence-corrected chi connectivity index (χ3v) is 6.86. The Morgan fingerprint density at radius 3 is 2.39 bits per heavy atom. The zero-order valence-electron chi connectivity index (χ0n) is 19.1. The second-order valence-corrected chi connectivity index (χ2v) is 9.23. The van der Waals surface area contributed by atoms with E-state index in [0.29, 0.717) is 42.2 Å². The van der Waals surface area contributed by atoms with Gasteiger partial charge >= 0.3 is 0 Å². The van der Waals surface area contributed by atoms with Crippen LogP contribution in [0.25, 0.3) is 0 Å². The van der Waals surface area contributed by atoms with Gasteiger partial charge in [0.2, 0.25) is 5.91 Å². The number of amides is 1. The molecule has 7 heteroatoms. The molecule has 0 aromatic heterocycles. The first-order chi connectivity index (χ1) is 15.9. The van der Waals surface area contributed by atoms with Gasteiger partial charge in [0.05, 0.1) is 25.3 Å². The van der Waals surface area contributed by atoms with Gasteiger partial charge in [0.25, 0.3) is 0 Å². The molecule has 4 rings (SSSR count). The van der Waals surface area contributed by atoms with Crippen LogP contribution in [0.2, 0.25) is 0 Å². The van der Waals surface area contributed by atoms with Gasteiger partial charge in [0, 0.05) is 35.6 Å². The van der Waals surface area contributed by atoms with Crippen molar-refractivity contribution in [2.75, 3.05) is 20.8 Å². The lowest BCUT2D eigenvalue weighted by Gasteiger charge is -2.35. The van der Waals surface area contributed by atoms with Crippen LogP contribution in [0.5, 0.6) is 17.2 Å². The maximum atomic E-state index is 13.4. The molecule has 1 amide bonds. The molecule has 1 aliphatic heterocycles. The van der Waals surface area contributed by atoms with Crippen molar-refractivity contribution in [2.24, 2.45) is 0 Å². The van der Waals surface area contributed by atoms with Crippen LogP contribution in [0, 0.1) is 0 Å². The Hall–Kier alpha value is -2.80. The van der Waals surface area contributed by atoms with Crippen LogP contribution >= 0.6 is 15.9 Å². The molecule has 2 aliphatic rings. The maximum absolute atomic E-state index is 13.4. The van der Waals surface area contributed by atoms with E-state index in [-0.39, 0.29) is 29.9 Å². The minimum atomic E-state index is -0.371. The molecule has 0 radical (unpaired) electrons. The fourth-order valence-corrected chi connectivity index (χ4v) is 5.16. The number of hydrogen-bond acceptors (Lipinski definition) is 5. The number of benzene rings is 2. The molecule has 174 valence electrons. The van der Waals surface area contributed by atoms with Crippen molar-refractivity contribution in [3.05, 3.63) is 63.3 Å². The van der Waals surface area contributed by atoms with Crippen molar-refractivity contribution in [2.45, 2.75) is 44.4 Å². The van der Waals surface area contributed by atoms with Crippen LogP contribution in [0.15, 0.2) is 52.1 Å². The summed E-state index contributed by atoms with van der Waals surface area (Å²) in [4.78, 5) is 26.1. The van der Waals surface area contributed by atoms with Gasteiger partial charge in [-0.05, 0) is 64.5 Å². The molecule has 1 aliphatic carbocycles. The third kappa shape index (κ3) is 4.78. The molecule has 33 heavy (non-hydrogen) atoms. The summed E-state index contributed by atoms with van der Waals surface area (Å²) in [5.41, 5.74) is 3.24. The minimum Gasteiger partial charge on any atom is -0.496 e. The molecular formula is C26H28BrNO5. The van der Waals surface area contributed by atoms with Gasteiger partial charge in [-0.3, -0.25) is 9.59 Å². The standard InChI is InChI=1S/C26H28BrNO5/c1-4-9-33-17-7-5-15(6-8-17)16-10-21-26(22(29)11-16)19(13-25(30)28-21)18-12-24(32-3)20(27)14-23(18)31-2/h5-8,12,14,16,19H,4,9-11,13H2,1-3H3,(H,28,30). The summed E-state index contributed by atoms with van der Waals surface area (Å²) in [6.45, 7) is 2.74. The summed E-state index contributed by atoms with van der Waals surface area (Å²) in [6.07, 6.45) is 2.15. The van der Waals surface area contributed by atoms with Crippen LogP contribution in [0.4, 0.5) is 0 Å². The molecule has 1 heterocycles. The lowest BCUT2D eigenvalue weighted by Crippen LogP contribution is -2.38. The Balaban J connectivity index is 1.67. The number of carbonyl (C=O) groups excluding carboxylic acids is 2. The number of ketones is 1. The molecular weight excluding hydrogens is 486 g/mol. The molecule has 0 saturated heterocycles. The normalized spacial score (nSPS) is 20.2. The van der Waals surface area contributed by atoms with Crippen LogP contribution in [-0.2, 0) is 9.59 Å². The number of carbonyl (C=O) groups is 2. The summed E-state index contributed by atoms with van der Waals surface area (Å²) < 4.78 is 17.5. The molecule has 0 bridgehead atoms. The largest absolute Gasteiger partial charge is 0.496 e. The van der Waals surface area contributed by atoms with Gasteiger partial charge in [0.1, 0.15) is 17.2 Å². The van der Waals surface area contributed by atoms with Crippen molar-refractivity contribution in [1.82, 2.24) is 5.32 Å². The number of rotatable bonds is 7. The zero-order valence-corrected chi connectivity index (χ0v) is 20.7. The molecule has 2 aromatic carbocycles. The number of hydrogen-bond donors (Lipinski definition) is 1. The zero-order chi connectivity index (χ0) is 23.5. The molecule has 0 fully saturated rings. The predicted molar refractivity (Wildman–Crippen MR) is 129 cm³/mol. The molecule has 2 atom stereocenters. The predicted octanol–water partition coefficient (Wildman–Crippen LogP) is 5.26. The van der Waals surface area contributed by atoms with E-state index in [2.05, 4.69) is 28.2 Å². The van der Waals surface area contributed by atoms with E-state index >= 15 is 0 Å². The summed E-state index contributed by atoms with van der Waals surface area (Å²) in [5.74, 6) is 1.67. The van der Waals surface area contributed by atoms with Crippen molar-refractivity contribution in [1.29, 1.82) is 0 Å². The van der Waals surface area contributed by atoms with E-state index in [1.165, 1.54) is 0 Å². The summed E-state index contributed by atoms with van der Waals surface area (Å²) >= 11 is 3.48. The fourth-order valence-electron chi connectivity index (χ4n) is 4.67. The van der Waals surface area contributed by atoms with E-state index in [4.69, 9.17) is 14.2 Å². The molecule has 2 unspecified atom stereocenters. The quantitative estimate of drug-likeness (QED) is 0.546. The summed E-state index contributed by atoms with van der Waals surface area (Å²) in [5, 5.41) is 2.98. The van der Waals surface area contributed by atoms with Gasteiger partial charge in [-0.25, -0.2) is 0 Å². The third-order valence-electron chi connectivity index (χ3n) is 6.24. The lowest BCUT2D eigenvalue weighted by molar-refractivity contribution is -0.122. The highest BCUT2D eigenvalue weighted by molar-refractivity contribution is 9.10. The van der Waals surface area contributed by atoms with Gasteiger partial charge in [-0.2, -0.15) is 0 Å². The Bertz CT molecular complexity index is 1090. The second kappa shape index (κ2) is 10.00. The molecule has 0 spiro atoms. The van der Waals surface area contributed by atoms with Gasteiger partial charge < -0.3 is 19.5 Å². The van der Waals surface area contributed by atoms with E-state index in [9.17, 15) is 9.59 Å². The van der Waals surface area contributed by atoms with Crippen LogP contribution < -0.4 is 19.5 Å². The minimum absolute atomic E-state index is 0.0110. The van der Waals surface area contributed by atoms with E-state index in [1.807, 2.05) is 36.4 Å². The topological polar surface area (TPSA) is 73.9 Å². The number of allylic oxidation sites excluding steroid dienone is 2. The SMILES string of the molecule is CCCOc1ccc(C2CC(=O)C3=C(C2)NC(=O)CC3c2cc(OC)c(Br)cc2OC)cc1. The highest BCUT2D eigenvalue weighted by Crippen LogP contribution is 2.46. The van der Waals surface area contributed by atoms with E-state index < -0.39 is 0 Å². The first-order valence-electron chi connectivity index (χ1n) is 11.1. The van der Waals surface area contributed by atoms with E-state index in [0.717, 1.165) is 27.8 Å². The Morgan fingerprint density at radius 1 is 1.00 bits per heavy atom. The number of halogens is 1. The van der Waals surface area contributed by atoms with Gasteiger partial charge in [-0.15, -0.1) is 0 Å². The van der Waals surface area contributed by atoms with Gasteiger partial charge in [0.15, 0.2) is 5.78 Å². The molecule has 2 aromatic rings. The lowest BCUT2D eigenvalue weighted by atomic mass is 9.73. The monoisotopic (exact) mass is 513 g/mol. The number of Topliss-reactive ketones (excluding diaryl/α,β-unsaturated/α-hetero) is 1. The average Bonchev–Trinajstić information content (AvgIpc) is 2.82. The second-order valence-electron chi connectivity index (χ2n) is 8.37. The number of nitrogens with one attached hydrogen (secondary N) is 1. The highest BCUT2D eigenvalue weighted by atomic mass is 79.9. The van der Waals surface area contributed by atoms with Crippen molar-refractivity contribution >= 4 is 27.6 Å². The average molecular weight is 514 g/mol. The van der Waals surface area contributed by atoms with Crippen molar-refractivity contribution < 1.29 is 23.8 Å². The van der Waals surface area contributed by atoms with Crippen molar-refractivity contribution in [3.8, 4) is 17.2 Å². The van der Waals surface area contributed by atoms with Crippen LogP contribution in [0.3, 0.4) is 0 Å². The number of methoxy groups -OCH3 is 2. The molecule has 6 nitrogen and oxygen atoms in total. The molecule has 1 N–H and O–H groups in total. The van der Waals surface area contributed by atoms with Gasteiger partial charge in [-0.1, -0.05) is 19.1 Å². The van der Waals surface area contributed by atoms with Crippen LogP contribution in [-0.4, -0.2) is 32.5 Å². The van der Waals surface area contributed by atoms with E-state index in [1.54, 1.807) is 14.2 Å². The fraction of sp³-hybridized carbons (Fsp3) is 0.385. The van der Waals surface area contributed by atoms with Crippen LogP contribution in [0.1, 0.15) is 55.6 Å². The first kappa shape index (κ1) is 23.4. The number of ether oxygens (including phenoxy) is 3. The first-order valence-corrected chi connectivity index (χ1v) is 11.9. The Labute approximate surface area is 202 Å². The summed E-state index contributed by atoms with van der Waals surface area (Å²) in [7, 11) is 3.17. The van der Waals surface area contributed by atoms with Crippen molar-refractivity contribution in [3.63, 3.8) is 0 Å².